The third-order valence-electron chi connectivity index (χ3n) is 13.1. The molecule has 9 amide bonds. The Labute approximate surface area is 440 Å². The highest BCUT2D eigenvalue weighted by atomic mass is 79.9. The summed E-state index contributed by atoms with van der Waals surface area (Å²) >= 11 is 3.63. The minimum atomic E-state index is -1.68. The molecule has 1 heterocycles. The topological polar surface area (TPSA) is 321 Å². The number of aromatic nitrogens is 1. The zero-order valence-electron chi connectivity index (χ0n) is 42.3. The second kappa shape index (κ2) is 28.6. The van der Waals surface area contributed by atoms with Crippen LogP contribution in [0.3, 0.4) is 0 Å². The second-order valence-electron chi connectivity index (χ2n) is 18.8. The summed E-state index contributed by atoms with van der Waals surface area (Å²) in [6.45, 7) is 5.83. The third kappa shape index (κ3) is 16.9. The van der Waals surface area contributed by atoms with E-state index >= 15 is 4.79 Å². The molecule has 0 fully saturated rings. The van der Waals surface area contributed by atoms with Crippen molar-refractivity contribution in [3.05, 3.63) is 106 Å². The average Bonchev–Trinajstić information content (AvgIpc) is 3.78. The normalized spacial score (nSPS) is 16.4. The lowest BCUT2D eigenvalue weighted by Crippen LogP contribution is -2.67. The number of aromatic amines is 1. The molecule has 14 N–H and O–H groups in total. The summed E-state index contributed by atoms with van der Waals surface area (Å²) in [5.41, 5.74) is 13.2. The maximum absolute atomic E-state index is 15.3. The average molecular weight is 1090 g/mol. The first-order chi connectivity index (χ1) is 35.5. The number of fused-ring (bicyclic) bond motifs is 2. The number of aliphatic hydroxyl groups is 1. The summed E-state index contributed by atoms with van der Waals surface area (Å²) in [6.07, 6.45) is 2.47. The molecule has 1 aliphatic carbocycles. The Hall–Kier alpha value is -6.84. The standard InChI is InChI=1S/C53H72BrN11O9/c1-4-7-23-44(66)60-43(29-45(67)57-6-3)50(72)65-53(25-24-35-33(30-53)18-13-20-37(35)54)51(73)64-41(27-32-16-9-8-10-17-32)48(70)62-40(22-14-26-58-52(56)74)47(69)63-42(49(71)61-39(15-5-2)46(55)68)28-34-31-59-38-21-12-11-19-36(34)38/h8-13,16-21,31,39-43,48,59,62,70H,4-7,14-15,22-30H2,1-3H3,(H2,55,68)(H,57,67)(H,60,66)(H,61,71)(H,63,69)(H,64,73)(H,65,72)(H3,56,58,74)/t39-,40-,41+,42?,43-,48?,53?/m0/s1. The van der Waals surface area contributed by atoms with E-state index in [9.17, 15) is 38.7 Å². The van der Waals surface area contributed by atoms with Crippen molar-refractivity contribution in [2.45, 2.75) is 146 Å². The van der Waals surface area contributed by atoms with Gasteiger partial charge >= 0.3 is 6.03 Å². The van der Waals surface area contributed by atoms with E-state index in [1.54, 1.807) is 37.4 Å². The summed E-state index contributed by atoms with van der Waals surface area (Å²) in [6, 6.07) is 15.1. The smallest absolute Gasteiger partial charge is 0.312 e. The summed E-state index contributed by atoms with van der Waals surface area (Å²) < 4.78 is 0.819. The number of carbonyl (C=O) groups excluding carboxylic acids is 8. The Bertz CT molecular complexity index is 2580. The highest BCUT2D eigenvalue weighted by molar-refractivity contribution is 9.10. The lowest BCUT2D eigenvalue weighted by Gasteiger charge is -2.40. The predicted molar refractivity (Wildman–Crippen MR) is 284 cm³/mol. The van der Waals surface area contributed by atoms with Gasteiger partial charge in [0.05, 0.1) is 18.5 Å². The second-order valence-corrected chi connectivity index (χ2v) is 19.6. The third-order valence-corrected chi connectivity index (χ3v) is 13.8. The van der Waals surface area contributed by atoms with Gasteiger partial charge in [0, 0.05) is 53.9 Å². The number of urea groups is 1. The summed E-state index contributed by atoms with van der Waals surface area (Å²) in [5.74, 6) is -4.47. The lowest BCUT2D eigenvalue weighted by atomic mass is 9.76. The summed E-state index contributed by atoms with van der Waals surface area (Å²) in [4.78, 5) is 112. The molecule has 3 aromatic carbocycles. The summed E-state index contributed by atoms with van der Waals surface area (Å²) in [5, 5.41) is 35.5. The minimum Gasteiger partial charge on any atom is -0.376 e. The molecule has 3 unspecified atom stereocenters. The van der Waals surface area contributed by atoms with Gasteiger partial charge in [0.15, 0.2) is 0 Å². The highest BCUT2D eigenvalue weighted by Crippen LogP contribution is 2.34. The van der Waals surface area contributed by atoms with Crippen molar-refractivity contribution in [2.75, 3.05) is 13.1 Å². The van der Waals surface area contributed by atoms with Crippen LogP contribution in [0.4, 0.5) is 4.79 Å². The van der Waals surface area contributed by atoms with Crippen LogP contribution in [0.5, 0.6) is 0 Å². The molecule has 5 rings (SSSR count). The van der Waals surface area contributed by atoms with Crippen molar-refractivity contribution in [1.29, 1.82) is 0 Å². The molecule has 1 aliphatic rings. The number of primary amides is 2. The number of hydrogen-bond donors (Lipinski definition) is 12. The molecule has 0 aliphatic heterocycles. The number of nitrogens with one attached hydrogen (secondary N) is 9. The first-order valence-electron chi connectivity index (χ1n) is 25.4. The number of hydrogen-bond acceptors (Lipinski definition) is 10. The van der Waals surface area contributed by atoms with Crippen LogP contribution in [0.25, 0.3) is 10.9 Å². The van der Waals surface area contributed by atoms with Gasteiger partial charge < -0.3 is 58.8 Å². The van der Waals surface area contributed by atoms with E-state index in [1.165, 1.54) is 0 Å². The van der Waals surface area contributed by atoms with E-state index in [0.717, 1.165) is 32.9 Å². The van der Waals surface area contributed by atoms with Crippen LogP contribution in [0, 0.1) is 0 Å². The first kappa shape index (κ1) is 58.1. The zero-order chi connectivity index (χ0) is 53.8. The van der Waals surface area contributed by atoms with Crippen LogP contribution < -0.4 is 54.0 Å². The van der Waals surface area contributed by atoms with Gasteiger partial charge in [-0.1, -0.05) is 103 Å². The van der Waals surface area contributed by atoms with Gasteiger partial charge in [0.2, 0.25) is 41.4 Å². The van der Waals surface area contributed by atoms with Gasteiger partial charge in [-0.25, -0.2) is 4.79 Å². The summed E-state index contributed by atoms with van der Waals surface area (Å²) in [7, 11) is 0. The number of nitrogens with two attached hydrogens (primary N) is 2. The van der Waals surface area contributed by atoms with Gasteiger partial charge in [-0.2, -0.15) is 0 Å². The van der Waals surface area contributed by atoms with Crippen molar-refractivity contribution in [2.24, 2.45) is 11.5 Å². The van der Waals surface area contributed by atoms with Gasteiger partial charge in [0.25, 0.3) is 0 Å². The van der Waals surface area contributed by atoms with Crippen molar-refractivity contribution in [3.63, 3.8) is 0 Å². The Morgan fingerprint density at radius 2 is 1.45 bits per heavy atom. The van der Waals surface area contributed by atoms with E-state index in [2.05, 4.69) is 63.4 Å². The Morgan fingerprint density at radius 3 is 2.15 bits per heavy atom. The molecule has 0 bridgehead atoms. The molecule has 0 saturated carbocycles. The minimum absolute atomic E-state index is 0.00519. The Kier molecular flexibility index (Phi) is 22.4. The van der Waals surface area contributed by atoms with Gasteiger partial charge in [-0.3, -0.25) is 38.9 Å². The quantitative estimate of drug-likeness (QED) is 0.0278. The first-order valence-corrected chi connectivity index (χ1v) is 26.2. The van der Waals surface area contributed by atoms with Crippen LogP contribution in [0.15, 0.2) is 83.5 Å². The van der Waals surface area contributed by atoms with Crippen LogP contribution >= 0.6 is 15.9 Å². The van der Waals surface area contributed by atoms with Gasteiger partial charge in [-0.05, 0) is 86.3 Å². The molecule has 4 aromatic rings. The fourth-order valence-corrected chi connectivity index (χ4v) is 9.75. The highest BCUT2D eigenvalue weighted by Gasteiger charge is 2.46. The molecule has 1 aromatic heterocycles. The van der Waals surface area contributed by atoms with Crippen LogP contribution in [0.2, 0.25) is 0 Å². The van der Waals surface area contributed by atoms with Crippen molar-refractivity contribution in [3.8, 4) is 0 Å². The van der Waals surface area contributed by atoms with Crippen LogP contribution in [-0.4, -0.2) is 113 Å². The number of rotatable bonds is 29. The van der Waals surface area contributed by atoms with E-state index in [-0.39, 0.29) is 70.9 Å². The van der Waals surface area contributed by atoms with E-state index in [0.29, 0.717) is 30.4 Å². The maximum atomic E-state index is 15.3. The molecule has 0 spiro atoms. The number of benzene rings is 3. The largest absolute Gasteiger partial charge is 0.376 e. The van der Waals surface area contributed by atoms with Crippen molar-refractivity contribution < 1.29 is 43.5 Å². The molecule has 74 heavy (non-hydrogen) atoms. The van der Waals surface area contributed by atoms with Crippen molar-refractivity contribution in [1.82, 2.24) is 47.5 Å². The number of H-pyrrole nitrogens is 1. The number of carbonyl (C=O) groups is 8. The molecule has 0 saturated heterocycles. The van der Waals surface area contributed by atoms with Gasteiger partial charge in [0.1, 0.15) is 29.9 Å². The predicted octanol–water partition coefficient (Wildman–Crippen LogP) is 2.43. The monoisotopic (exact) mass is 1090 g/mol. The fourth-order valence-electron chi connectivity index (χ4n) is 9.14. The number of para-hydroxylation sites is 1. The molecule has 20 nitrogen and oxygen atoms in total. The molecular weight excluding hydrogens is 1010 g/mol. The molecule has 21 heteroatoms. The van der Waals surface area contributed by atoms with E-state index in [4.69, 9.17) is 11.5 Å². The Balaban J connectivity index is 1.50. The van der Waals surface area contributed by atoms with E-state index in [1.807, 2.05) is 62.4 Å². The molecule has 7 atom stereocenters. The fraction of sp³-hybridized carbons (Fsp3) is 0.472. The molecular formula is C53H72BrN11O9. The zero-order valence-corrected chi connectivity index (χ0v) is 43.9. The number of unbranched alkanes of at least 4 members (excludes halogenated alkanes) is 1. The number of amides is 9. The number of aliphatic hydroxyl groups excluding tert-OH is 1. The SMILES string of the molecule is CCCCC(=O)N[C@@H](CC(=O)NCC)C(=O)NC1(C(=O)N[C@H](Cc2ccccc2)C(O)N[C@@H](CCCNC(N)=O)C(=O)NC(Cc2c[nH]c3ccccc23)C(=O)N[C@@H](CCC)C(N)=O)CCc2c(Br)cccc2C1. The van der Waals surface area contributed by atoms with Gasteiger partial charge in [-0.15, -0.1) is 0 Å². The number of halogens is 1. The molecule has 0 radical (unpaired) electrons. The van der Waals surface area contributed by atoms with Crippen LogP contribution in [-0.2, 0) is 59.2 Å². The maximum Gasteiger partial charge on any atom is 0.312 e. The Morgan fingerprint density at radius 1 is 0.730 bits per heavy atom. The lowest BCUT2D eigenvalue weighted by molar-refractivity contribution is -0.138. The van der Waals surface area contributed by atoms with E-state index < -0.39 is 89.4 Å². The molecule has 400 valence electrons. The van der Waals surface area contributed by atoms with Crippen molar-refractivity contribution >= 4 is 74.2 Å². The van der Waals surface area contributed by atoms with Crippen LogP contribution in [0.1, 0.15) is 101 Å².